The predicted octanol–water partition coefficient (Wildman–Crippen LogP) is 5.39. The summed E-state index contributed by atoms with van der Waals surface area (Å²) in [7, 11) is 1.91. The van der Waals surface area contributed by atoms with Gasteiger partial charge in [-0.2, -0.15) is 0 Å². The number of ether oxygens (including phenoxy) is 2. The lowest BCUT2D eigenvalue weighted by atomic mass is 9.85. The minimum absolute atomic E-state index is 0.00690. The van der Waals surface area contributed by atoms with E-state index < -0.39 is 0 Å². The smallest absolute Gasteiger partial charge is 0.306 e. The quantitative estimate of drug-likeness (QED) is 0.229. The zero-order valence-electron chi connectivity index (χ0n) is 25.2. The van der Waals surface area contributed by atoms with E-state index in [1.165, 1.54) is 16.3 Å². The van der Waals surface area contributed by atoms with Crippen LogP contribution >= 0.6 is 11.3 Å². The van der Waals surface area contributed by atoms with E-state index in [-0.39, 0.29) is 36.0 Å². The Balaban J connectivity index is 1.43. The van der Waals surface area contributed by atoms with Gasteiger partial charge in [0, 0.05) is 43.0 Å². The zero-order valence-corrected chi connectivity index (χ0v) is 26.0. The van der Waals surface area contributed by atoms with Crippen molar-refractivity contribution < 1.29 is 14.3 Å². The standard InChI is InChI=1S/C32H38N6O4S/c1-6-23-17-38(19(4)30-26(42-23)8-9-27(39)34-30)16-22-13-21(12-20-10-11-43-31(20)22)24(14-28(40)41-7-2)25-15-33-32-29(18(25)3)35-36-37(32)5/h8-13,15,19,23-24,35-36H,6-7,14,16-17H2,1-5H3,(H,34,39)/t19?,23-,24-/m1/s1. The molecule has 0 saturated carbocycles. The van der Waals surface area contributed by atoms with Gasteiger partial charge in [-0.1, -0.05) is 13.0 Å². The molecule has 11 heteroatoms. The second-order valence-electron chi connectivity index (χ2n) is 11.3. The molecule has 6 rings (SSSR count). The first-order valence-corrected chi connectivity index (χ1v) is 15.7. The van der Waals surface area contributed by atoms with Crippen LogP contribution in [0.1, 0.15) is 73.5 Å². The molecule has 1 aromatic carbocycles. The third-order valence-corrected chi connectivity index (χ3v) is 9.57. The van der Waals surface area contributed by atoms with Crippen LogP contribution in [0.4, 0.5) is 11.5 Å². The molecule has 0 bridgehead atoms. The van der Waals surface area contributed by atoms with Gasteiger partial charge in [0.25, 0.3) is 0 Å². The van der Waals surface area contributed by atoms with Crippen molar-refractivity contribution in [2.24, 2.45) is 0 Å². The molecule has 43 heavy (non-hydrogen) atoms. The molecule has 0 spiro atoms. The molecule has 0 fully saturated rings. The van der Waals surface area contributed by atoms with Gasteiger partial charge in [-0.15, -0.1) is 16.9 Å². The number of H-pyrrole nitrogens is 1. The first-order chi connectivity index (χ1) is 20.8. The molecule has 0 saturated heterocycles. The number of nitrogens with one attached hydrogen (secondary N) is 3. The summed E-state index contributed by atoms with van der Waals surface area (Å²) >= 11 is 1.72. The number of anilines is 2. The Hall–Kier alpha value is -3.93. The van der Waals surface area contributed by atoms with Crippen LogP contribution in [0.2, 0.25) is 0 Å². The Morgan fingerprint density at radius 2 is 2.09 bits per heavy atom. The SMILES string of the molecule is CCOC(=O)C[C@H](c1cc(CN2C[C@@H](CC)Oc3ccc(=O)[nH]c3C2C)c2sccc2c1)c1cnc2c(c1C)NNN2C. The molecule has 226 valence electrons. The summed E-state index contributed by atoms with van der Waals surface area (Å²) < 4.78 is 13.0. The maximum absolute atomic E-state index is 13.0. The molecule has 3 atom stereocenters. The molecule has 1 unspecified atom stereocenters. The van der Waals surface area contributed by atoms with Gasteiger partial charge in [-0.3, -0.25) is 24.9 Å². The van der Waals surface area contributed by atoms with E-state index in [9.17, 15) is 9.59 Å². The first-order valence-electron chi connectivity index (χ1n) is 14.8. The number of hydrazine groups is 2. The van der Waals surface area contributed by atoms with E-state index in [0.717, 1.165) is 58.0 Å². The van der Waals surface area contributed by atoms with E-state index >= 15 is 0 Å². The molecule has 4 aromatic rings. The number of hydrogen-bond acceptors (Lipinski definition) is 10. The number of rotatable bonds is 8. The van der Waals surface area contributed by atoms with Crippen molar-refractivity contribution in [3.63, 3.8) is 0 Å². The van der Waals surface area contributed by atoms with Crippen LogP contribution in [-0.2, 0) is 16.1 Å². The third kappa shape index (κ3) is 5.60. The molecule has 3 aromatic heterocycles. The number of aromatic amines is 1. The van der Waals surface area contributed by atoms with Crippen molar-refractivity contribution >= 4 is 38.9 Å². The summed E-state index contributed by atoms with van der Waals surface area (Å²) in [5.74, 6) is 1.05. The highest BCUT2D eigenvalue weighted by Gasteiger charge is 2.31. The van der Waals surface area contributed by atoms with Crippen molar-refractivity contribution in [3.8, 4) is 5.75 Å². The monoisotopic (exact) mass is 602 g/mol. The van der Waals surface area contributed by atoms with Gasteiger partial charge in [0.05, 0.1) is 30.5 Å². The molecule has 0 amide bonds. The maximum atomic E-state index is 13.0. The molecule has 2 aliphatic rings. The minimum atomic E-state index is -0.252. The first kappa shape index (κ1) is 29.2. The number of benzene rings is 1. The predicted molar refractivity (Wildman–Crippen MR) is 170 cm³/mol. The highest BCUT2D eigenvalue weighted by Crippen LogP contribution is 2.41. The van der Waals surface area contributed by atoms with E-state index in [0.29, 0.717) is 13.2 Å². The number of carbonyl (C=O) groups excluding carboxylic acids is 1. The molecule has 5 heterocycles. The largest absolute Gasteiger partial charge is 0.487 e. The molecule has 0 radical (unpaired) electrons. The number of thiophene rings is 1. The van der Waals surface area contributed by atoms with Crippen LogP contribution in [-0.4, -0.2) is 47.1 Å². The van der Waals surface area contributed by atoms with Crippen LogP contribution in [0, 0.1) is 6.92 Å². The summed E-state index contributed by atoms with van der Waals surface area (Å²) in [4.78, 5) is 35.4. The molecule has 2 aliphatic heterocycles. The second kappa shape index (κ2) is 12.0. The lowest BCUT2D eigenvalue weighted by molar-refractivity contribution is -0.143. The van der Waals surface area contributed by atoms with Crippen molar-refractivity contribution in [1.29, 1.82) is 0 Å². The van der Waals surface area contributed by atoms with Crippen LogP contribution < -0.4 is 26.3 Å². The number of aromatic nitrogens is 2. The van der Waals surface area contributed by atoms with Gasteiger partial charge in [0.15, 0.2) is 5.82 Å². The van der Waals surface area contributed by atoms with E-state index in [4.69, 9.17) is 14.5 Å². The van der Waals surface area contributed by atoms with E-state index in [2.05, 4.69) is 65.2 Å². The summed E-state index contributed by atoms with van der Waals surface area (Å²) in [6.07, 6.45) is 2.93. The summed E-state index contributed by atoms with van der Waals surface area (Å²) in [6.45, 7) is 9.84. The highest BCUT2D eigenvalue weighted by atomic mass is 32.1. The Morgan fingerprint density at radius 3 is 2.88 bits per heavy atom. The van der Waals surface area contributed by atoms with Gasteiger partial charge in [-0.05, 0) is 78.4 Å². The summed E-state index contributed by atoms with van der Waals surface area (Å²) in [5.41, 5.74) is 12.1. The fourth-order valence-electron chi connectivity index (χ4n) is 6.19. The number of hydrogen-bond donors (Lipinski definition) is 3. The normalized spacial score (nSPS) is 18.9. The van der Waals surface area contributed by atoms with Crippen LogP contribution in [0.15, 0.2) is 46.7 Å². The minimum Gasteiger partial charge on any atom is -0.487 e. The van der Waals surface area contributed by atoms with Crippen LogP contribution in [0.5, 0.6) is 5.75 Å². The van der Waals surface area contributed by atoms with Crippen LogP contribution in [0.3, 0.4) is 0 Å². The van der Waals surface area contributed by atoms with Crippen LogP contribution in [0.25, 0.3) is 10.1 Å². The number of esters is 1. The number of pyridine rings is 2. The van der Waals surface area contributed by atoms with Crippen molar-refractivity contribution in [3.05, 3.63) is 80.2 Å². The van der Waals surface area contributed by atoms with Crippen molar-refractivity contribution in [2.75, 3.05) is 30.6 Å². The number of fused-ring (bicyclic) bond motifs is 3. The average Bonchev–Trinajstić information content (AvgIpc) is 3.60. The Kier molecular flexibility index (Phi) is 8.13. The maximum Gasteiger partial charge on any atom is 0.306 e. The highest BCUT2D eigenvalue weighted by molar-refractivity contribution is 7.17. The number of carbonyl (C=O) groups is 1. The van der Waals surface area contributed by atoms with Gasteiger partial charge in [0.2, 0.25) is 5.56 Å². The molecule has 3 N–H and O–H groups in total. The Bertz CT molecular complexity index is 1720. The molecule has 10 nitrogen and oxygen atoms in total. The van der Waals surface area contributed by atoms with Crippen molar-refractivity contribution in [1.82, 2.24) is 20.4 Å². The van der Waals surface area contributed by atoms with Gasteiger partial charge in [-0.25, -0.2) is 4.98 Å². The third-order valence-electron chi connectivity index (χ3n) is 8.56. The zero-order chi connectivity index (χ0) is 30.2. The summed E-state index contributed by atoms with van der Waals surface area (Å²) in [5, 5.41) is 5.09. The Morgan fingerprint density at radius 1 is 1.26 bits per heavy atom. The van der Waals surface area contributed by atoms with Gasteiger partial charge < -0.3 is 14.5 Å². The lowest BCUT2D eigenvalue weighted by Crippen LogP contribution is -2.34. The summed E-state index contributed by atoms with van der Waals surface area (Å²) in [6, 6.07) is 9.81. The molecule has 0 aliphatic carbocycles. The van der Waals surface area contributed by atoms with E-state index in [1.54, 1.807) is 17.4 Å². The fraction of sp³-hybridized carbons (Fsp3) is 0.406. The second-order valence-corrected chi connectivity index (χ2v) is 12.2. The average molecular weight is 603 g/mol. The molecular weight excluding hydrogens is 564 g/mol. The topological polar surface area (TPSA) is 112 Å². The number of nitrogens with zero attached hydrogens (tertiary/aromatic N) is 3. The van der Waals surface area contributed by atoms with Crippen molar-refractivity contribution in [2.45, 2.75) is 65.1 Å². The Labute approximate surface area is 255 Å². The fourth-order valence-corrected chi connectivity index (χ4v) is 7.08. The van der Waals surface area contributed by atoms with E-state index in [1.807, 2.05) is 25.2 Å². The lowest BCUT2D eigenvalue weighted by Gasteiger charge is -2.29. The van der Waals surface area contributed by atoms with Gasteiger partial charge in [0.1, 0.15) is 11.9 Å². The van der Waals surface area contributed by atoms with Gasteiger partial charge >= 0.3 is 5.97 Å². The molecular formula is C32H38N6O4S.